The Labute approximate surface area is 200 Å². The van der Waals surface area contributed by atoms with Gasteiger partial charge in [-0.05, 0) is 85.9 Å². The molecule has 4 saturated carbocycles. The van der Waals surface area contributed by atoms with E-state index < -0.39 is 11.8 Å². The molecule has 0 radical (unpaired) electrons. The second kappa shape index (κ2) is 8.06. The van der Waals surface area contributed by atoms with Crippen LogP contribution in [0.3, 0.4) is 0 Å². The van der Waals surface area contributed by atoms with Gasteiger partial charge in [0.15, 0.2) is 5.60 Å². The number of hydrogen-bond donors (Lipinski definition) is 0. The number of halogens is 1. The van der Waals surface area contributed by atoms with Crippen molar-refractivity contribution in [2.24, 2.45) is 46.3 Å². The van der Waals surface area contributed by atoms with Gasteiger partial charge >= 0.3 is 6.16 Å². The first-order valence-electron chi connectivity index (χ1n) is 13.6. The van der Waals surface area contributed by atoms with Crippen LogP contribution in [0.4, 0.5) is 4.79 Å². The summed E-state index contributed by atoms with van der Waals surface area (Å²) < 4.78 is 12.0. The molecule has 0 aromatic rings. The lowest BCUT2D eigenvalue weighted by molar-refractivity contribution is -0.208. The highest BCUT2D eigenvalue weighted by atomic mass is 35.5. The molecular formula is C28H45ClO3. The van der Waals surface area contributed by atoms with Crippen LogP contribution < -0.4 is 0 Å². The summed E-state index contributed by atoms with van der Waals surface area (Å²) in [6.07, 6.45) is 12.8. The first-order chi connectivity index (χ1) is 15.1. The van der Waals surface area contributed by atoms with E-state index in [1.807, 2.05) is 0 Å². The van der Waals surface area contributed by atoms with Gasteiger partial charge in [-0.3, -0.25) is 0 Å². The molecule has 5 rings (SSSR count). The Morgan fingerprint density at radius 1 is 1.03 bits per heavy atom. The molecule has 1 aliphatic heterocycles. The van der Waals surface area contributed by atoms with Gasteiger partial charge in [0.2, 0.25) is 0 Å². The number of hydrogen-bond acceptors (Lipinski definition) is 3. The van der Waals surface area contributed by atoms with E-state index in [-0.39, 0.29) is 16.9 Å². The first-order valence-corrected chi connectivity index (χ1v) is 14.1. The maximum atomic E-state index is 12.4. The van der Waals surface area contributed by atoms with Gasteiger partial charge in [0, 0.05) is 17.2 Å². The molecule has 1 spiro atoms. The summed E-state index contributed by atoms with van der Waals surface area (Å²) in [7, 11) is 0. The molecule has 5 aliphatic rings. The first kappa shape index (κ1) is 23.3. The number of fused-ring (bicyclic) bond motifs is 4. The third-order valence-electron chi connectivity index (χ3n) is 11.4. The summed E-state index contributed by atoms with van der Waals surface area (Å²) in [6, 6.07) is 0. The number of carbonyl (C=O) groups excluding carboxylic acids is 1. The molecule has 0 amide bonds. The normalized spacial score (nSPS) is 50.7. The molecular weight excluding hydrogens is 420 g/mol. The highest BCUT2D eigenvalue weighted by molar-refractivity contribution is 6.20. The summed E-state index contributed by atoms with van der Waals surface area (Å²) >= 11 is 6.66. The Morgan fingerprint density at radius 2 is 1.81 bits per heavy atom. The van der Waals surface area contributed by atoms with Crippen LogP contribution in [0.15, 0.2) is 0 Å². The zero-order chi connectivity index (χ0) is 22.9. The van der Waals surface area contributed by atoms with E-state index in [1.54, 1.807) is 0 Å². The van der Waals surface area contributed by atoms with Crippen molar-refractivity contribution in [1.82, 2.24) is 0 Å². The third-order valence-corrected chi connectivity index (χ3v) is 11.8. The quantitative estimate of drug-likeness (QED) is 0.305. The minimum Gasteiger partial charge on any atom is -0.427 e. The topological polar surface area (TPSA) is 35.5 Å². The lowest BCUT2D eigenvalue weighted by Crippen LogP contribution is -2.67. The van der Waals surface area contributed by atoms with E-state index in [2.05, 4.69) is 34.6 Å². The predicted molar refractivity (Wildman–Crippen MR) is 129 cm³/mol. The smallest absolute Gasteiger partial charge is 0.427 e. The van der Waals surface area contributed by atoms with Crippen LogP contribution in [0.5, 0.6) is 0 Å². The molecule has 182 valence electrons. The van der Waals surface area contributed by atoms with Gasteiger partial charge in [0.1, 0.15) is 6.10 Å². The van der Waals surface area contributed by atoms with Gasteiger partial charge in [0.25, 0.3) is 0 Å². The van der Waals surface area contributed by atoms with Crippen molar-refractivity contribution < 1.29 is 14.3 Å². The Kier molecular flexibility index (Phi) is 5.87. The minimum atomic E-state index is -0.494. The molecule has 10 atom stereocenters. The Morgan fingerprint density at radius 3 is 2.56 bits per heavy atom. The minimum absolute atomic E-state index is 0.000427. The number of carbonyl (C=O) groups is 1. The van der Waals surface area contributed by atoms with Crippen LogP contribution in [0.25, 0.3) is 0 Å². The van der Waals surface area contributed by atoms with Gasteiger partial charge in [-0.2, -0.15) is 0 Å². The lowest BCUT2D eigenvalue weighted by atomic mass is 9.42. The Balaban J connectivity index is 1.39. The molecule has 1 heterocycles. The summed E-state index contributed by atoms with van der Waals surface area (Å²) in [4.78, 5) is 12.4. The fourth-order valence-electron chi connectivity index (χ4n) is 9.86. The van der Waals surface area contributed by atoms with E-state index in [1.165, 1.54) is 44.9 Å². The summed E-state index contributed by atoms with van der Waals surface area (Å²) in [5, 5.41) is 0.0908. The molecule has 0 bridgehead atoms. The fraction of sp³-hybridized carbons (Fsp3) is 0.964. The molecule has 5 fully saturated rings. The van der Waals surface area contributed by atoms with Crippen molar-refractivity contribution in [2.75, 3.05) is 0 Å². The SMILES string of the molecule is CC(C)CCC[C@@H](C)[C@H]1CC[C@H]2[C@@H]3C[C@@H]4OC(=O)O[C@@]45CC(Cl)CC[C@]5(C)[C@H]3CC[C@]12C. The summed E-state index contributed by atoms with van der Waals surface area (Å²) in [5.74, 6) is 4.53. The zero-order valence-electron chi connectivity index (χ0n) is 21.0. The Hall–Kier alpha value is -0.440. The van der Waals surface area contributed by atoms with Crippen LogP contribution in [-0.4, -0.2) is 23.2 Å². The molecule has 0 N–H and O–H groups in total. The fourth-order valence-corrected chi connectivity index (χ4v) is 10.2. The number of ether oxygens (including phenoxy) is 2. The van der Waals surface area contributed by atoms with Crippen LogP contribution in [0.1, 0.15) is 105 Å². The van der Waals surface area contributed by atoms with Gasteiger partial charge in [0.05, 0.1) is 0 Å². The molecule has 1 unspecified atom stereocenters. The molecule has 32 heavy (non-hydrogen) atoms. The van der Waals surface area contributed by atoms with Gasteiger partial charge < -0.3 is 9.47 Å². The number of rotatable bonds is 5. The number of alkyl halides is 1. The van der Waals surface area contributed by atoms with Crippen molar-refractivity contribution in [1.29, 1.82) is 0 Å². The van der Waals surface area contributed by atoms with Crippen molar-refractivity contribution in [3.63, 3.8) is 0 Å². The maximum Gasteiger partial charge on any atom is 0.509 e. The summed E-state index contributed by atoms with van der Waals surface area (Å²) in [5.41, 5.74) is -0.0475. The van der Waals surface area contributed by atoms with Gasteiger partial charge in [-0.1, -0.05) is 53.9 Å². The van der Waals surface area contributed by atoms with Crippen molar-refractivity contribution in [3.05, 3.63) is 0 Å². The van der Waals surface area contributed by atoms with Crippen molar-refractivity contribution >= 4 is 17.8 Å². The molecule has 0 aromatic heterocycles. The molecule has 4 aliphatic carbocycles. The van der Waals surface area contributed by atoms with Gasteiger partial charge in [-0.25, -0.2) is 4.79 Å². The highest BCUT2D eigenvalue weighted by Gasteiger charge is 2.72. The van der Waals surface area contributed by atoms with Gasteiger partial charge in [-0.15, -0.1) is 11.6 Å². The Bertz CT molecular complexity index is 738. The second-order valence-corrected chi connectivity index (χ2v) is 13.9. The standard InChI is InChI=1S/C28H45ClO3/c1-17(2)7-6-8-18(3)21-9-10-22-20-15-24-28(32-25(30)31-24)16-19(29)11-14-27(28,5)23(20)12-13-26(21,22)4/h17-24H,6-16H2,1-5H3/t18-,19?,20+,21-,22+,23+,24+,26-,27-,28+/m1/s1. The predicted octanol–water partition coefficient (Wildman–Crippen LogP) is 7.98. The van der Waals surface area contributed by atoms with Crippen LogP contribution in [0, 0.1) is 46.3 Å². The highest BCUT2D eigenvalue weighted by Crippen LogP contribution is 2.71. The van der Waals surface area contributed by atoms with E-state index in [9.17, 15) is 4.79 Å². The van der Waals surface area contributed by atoms with E-state index in [0.29, 0.717) is 17.3 Å². The van der Waals surface area contributed by atoms with Crippen LogP contribution in [-0.2, 0) is 9.47 Å². The molecule has 3 nitrogen and oxygen atoms in total. The average molecular weight is 465 g/mol. The van der Waals surface area contributed by atoms with Crippen molar-refractivity contribution in [2.45, 2.75) is 122 Å². The zero-order valence-corrected chi connectivity index (χ0v) is 21.8. The average Bonchev–Trinajstić information content (AvgIpc) is 3.22. The summed E-state index contributed by atoms with van der Waals surface area (Å²) in [6.45, 7) is 12.3. The monoisotopic (exact) mass is 464 g/mol. The largest absolute Gasteiger partial charge is 0.509 e. The molecule has 0 aromatic carbocycles. The van der Waals surface area contributed by atoms with E-state index in [0.717, 1.165) is 49.4 Å². The molecule has 1 saturated heterocycles. The molecule has 4 heteroatoms. The maximum absolute atomic E-state index is 12.4. The van der Waals surface area contributed by atoms with Crippen molar-refractivity contribution in [3.8, 4) is 0 Å². The second-order valence-electron chi connectivity index (χ2n) is 13.2. The lowest BCUT2D eigenvalue weighted by Gasteiger charge is -2.64. The van der Waals surface area contributed by atoms with Crippen LogP contribution in [0.2, 0.25) is 0 Å². The van der Waals surface area contributed by atoms with E-state index >= 15 is 0 Å². The third kappa shape index (κ3) is 3.29. The van der Waals surface area contributed by atoms with Crippen LogP contribution >= 0.6 is 11.6 Å². The van der Waals surface area contributed by atoms with E-state index in [4.69, 9.17) is 21.1 Å².